The Morgan fingerprint density at radius 2 is 1.28 bits per heavy atom. The lowest BCUT2D eigenvalue weighted by molar-refractivity contribution is 1.26. The highest BCUT2D eigenvalue weighted by Gasteiger charge is 2.15. The van der Waals surface area contributed by atoms with E-state index < -0.39 is 0 Å². The molecule has 2 aromatic rings. The number of aryl methyl sites for hydroxylation is 1. The predicted molar refractivity (Wildman–Crippen MR) is 75.3 cm³/mol. The van der Waals surface area contributed by atoms with Gasteiger partial charge >= 0.3 is 0 Å². The average molecular weight is 234 g/mol. The summed E-state index contributed by atoms with van der Waals surface area (Å²) in [6.45, 7) is 2.09. The predicted octanol–water partition coefficient (Wildman–Crippen LogP) is 3.59. The minimum absolute atomic E-state index is 0.813. The van der Waals surface area contributed by atoms with E-state index in [1.165, 1.54) is 5.56 Å². The van der Waals surface area contributed by atoms with Crippen molar-refractivity contribution in [3.63, 3.8) is 0 Å². The van der Waals surface area contributed by atoms with Gasteiger partial charge in [-0.2, -0.15) is 10.2 Å². The van der Waals surface area contributed by atoms with Crippen molar-refractivity contribution >= 4 is 11.4 Å². The minimum atomic E-state index is 0.813. The Labute approximate surface area is 107 Å². The molecule has 0 atom stereocenters. The first kappa shape index (κ1) is 10.9. The number of hydrogen-bond acceptors (Lipinski definition) is 2. The molecule has 0 aromatic heterocycles. The van der Waals surface area contributed by atoms with E-state index in [-0.39, 0.29) is 0 Å². The van der Waals surface area contributed by atoms with Gasteiger partial charge in [0, 0.05) is 6.42 Å². The van der Waals surface area contributed by atoms with Crippen LogP contribution in [0.4, 0.5) is 0 Å². The molecule has 0 saturated carbocycles. The lowest BCUT2D eigenvalue weighted by atomic mass is 10.0. The molecule has 1 aliphatic rings. The summed E-state index contributed by atoms with van der Waals surface area (Å²) in [5, 5.41) is 8.59. The van der Waals surface area contributed by atoms with E-state index in [0.29, 0.717) is 0 Å². The van der Waals surface area contributed by atoms with Crippen LogP contribution >= 0.6 is 0 Å². The van der Waals surface area contributed by atoms with Crippen LogP contribution in [0, 0.1) is 6.92 Å². The Morgan fingerprint density at radius 3 is 1.89 bits per heavy atom. The van der Waals surface area contributed by atoms with Crippen LogP contribution in [-0.4, -0.2) is 11.4 Å². The van der Waals surface area contributed by atoms with Crippen molar-refractivity contribution in [2.24, 2.45) is 10.2 Å². The van der Waals surface area contributed by atoms with Crippen LogP contribution in [0.25, 0.3) is 0 Å². The van der Waals surface area contributed by atoms with E-state index in [0.717, 1.165) is 29.0 Å². The van der Waals surface area contributed by atoms with Crippen molar-refractivity contribution in [1.29, 1.82) is 0 Å². The van der Waals surface area contributed by atoms with Gasteiger partial charge in [-0.05, 0) is 18.1 Å². The first-order valence-corrected chi connectivity index (χ1v) is 6.09. The van der Waals surface area contributed by atoms with E-state index >= 15 is 0 Å². The first-order valence-electron chi connectivity index (χ1n) is 6.09. The standard InChI is InChI=1S/C16H14N2/c1-12-7-9-14(10-8-12)16-11-15(17-18-16)13-5-3-2-4-6-13/h2-10H,11H2,1H3. The van der Waals surface area contributed by atoms with E-state index in [9.17, 15) is 0 Å². The maximum absolute atomic E-state index is 4.30. The Balaban J connectivity index is 1.80. The summed E-state index contributed by atoms with van der Waals surface area (Å²) in [6, 6.07) is 18.7. The molecule has 0 bridgehead atoms. The molecule has 0 amide bonds. The van der Waals surface area contributed by atoms with Crippen molar-refractivity contribution in [1.82, 2.24) is 0 Å². The van der Waals surface area contributed by atoms with Gasteiger partial charge in [0.25, 0.3) is 0 Å². The number of benzene rings is 2. The quantitative estimate of drug-likeness (QED) is 0.758. The molecule has 0 saturated heterocycles. The maximum Gasteiger partial charge on any atom is 0.0763 e. The second kappa shape index (κ2) is 4.57. The maximum atomic E-state index is 4.30. The fourth-order valence-corrected chi connectivity index (χ4v) is 2.05. The molecule has 0 aliphatic carbocycles. The fraction of sp³-hybridized carbons (Fsp3) is 0.125. The molecule has 18 heavy (non-hydrogen) atoms. The van der Waals surface area contributed by atoms with Gasteiger partial charge in [-0.1, -0.05) is 60.2 Å². The Hall–Kier alpha value is -2.22. The van der Waals surface area contributed by atoms with Crippen LogP contribution in [-0.2, 0) is 0 Å². The Morgan fingerprint density at radius 1 is 0.722 bits per heavy atom. The topological polar surface area (TPSA) is 24.7 Å². The van der Waals surface area contributed by atoms with Gasteiger partial charge in [0.2, 0.25) is 0 Å². The van der Waals surface area contributed by atoms with Crippen LogP contribution in [0.15, 0.2) is 64.8 Å². The SMILES string of the molecule is Cc1ccc(C2=NN=C(c3ccccc3)C2)cc1. The molecule has 0 unspecified atom stereocenters. The molecule has 2 nitrogen and oxygen atoms in total. The van der Waals surface area contributed by atoms with Crippen molar-refractivity contribution < 1.29 is 0 Å². The van der Waals surface area contributed by atoms with Gasteiger partial charge in [0.1, 0.15) is 0 Å². The zero-order valence-electron chi connectivity index (χ0n) is 10.3. The molecule has 1 aliphatic heterocycles. The highest BCUT2D eigenvalue weighted by atomic mass is 15.2. The molecular formula is C16H14N2. The highest BCUT2D eigenvalue weighted by Crippen LogP contribution is 2.16. The Bertz CT molecular complexity index is 607. The molecule has 0 fully saturated rings. The molecule has 0 radical (unpaired) electrons. The summed E-state index contributed by atoms with van der Waals surface area (Å²) in [7, 11) is 0. The van der Waals surface area contributed by atoms with Gasteiger partial charge in [0.15, 0.2) is 0 Å². The van der Waals surface area contributed by atoms with E-state index in [1.54, 1.807) is 0 Å². The van der Waals surface area contributed by atoms with Crippen molar-refractivity contribution in [3.05, 3.63) is 71.3 Å². The zero-order chi connectivity index (χ0) is 12.4. The average Bonchev–Trinajstić information content (AvgIpc) is 2.90. The molecule has 88 valence electrons. The second-order valence-electron chi connectivity index (χ2n) is 4.50. The first-order chi connectivity index (χ1) is 8.83. The normalized spacial score (nSPS) is 14.3. The van der Waals surface area contributed by atoms with Crippen LogP contribution < -0.4 is 0 Å². The summed E-state index contributed by atoms with van der Waals surface area (Å²) in [6.07, 6.45) is 0.813. The molecule has 2 aromatic carbocycles. The smallest absolute Gasteiger partial charge is 0.0763 e. The van der Waals surface area contributed by atoms with Crippen LogP contribution in [0.1, 0.15) is 23.1 Å². The molecule has 0 N–H and O–H groups in total. The summed E-state index contributed by atoms with van der Waals surface area (Å²) in [5.74, 6) is 0. The van der Waals surface area contributed by atoms with Gasteiger partial charge in [-0.3, -0.25) is 0 Å². The summed E-state index contributed by atoms with van der Waals surface area (Å²) < 4.78 is 0. The van der Waals surface area contributed by atoms with Crippen molar-refractivity contribution in [2.45, 2.75) is 13.3 Å². The third-order valence-corrected chi connectivity index (χ3v) is 3.12. The second-order valence-corrected chi connectivity index (χ2v) is 4.50. The van der Waals surface area contributed by atoms with Gasteiger partial charge in [-0.15, -0.1) is 0 Å². The monoisotopic (exact) mass is 234 g/mol. The molecule has 1 heterocycles. The van der Waals surface area contributed by atoms with Crippen molar-refractivity contribution in [2.75, 3.05) is 0 Å². The van der Waals surface area contributed by atoms with Gasteiger partial charge < -0.3 is 0 Å². The third kappa shape index (κ3) is 2.09. The van der Waals surface area contributed by atoms with Crippen LogP contribution in [0.3, 0.4) is 0 Å². The van der Waals surface area contributed by atoms with Crippen LogP contribution in [0.5, 0.6) is 0 Å². The lowest BCUT2D eigenvalue weighted by Crippen LogP contribution is -2.05. The summed E-state index contributed by atoms with van der Waals surface area (Å²) >= 11 is 0. The number of rotatable bonds is 2. The lowest BCUT2D eigenvalue weighted by Gasteiger charge is -2.02. The molecule has 2 heteroatoms. The minimum Gasteiger partial charge on any atom is -0.154 e. The number of hydrogen-bond donors (Lipinski definition) is 0. The summed E-state index contributed by atoms with van der Waals surface area (Å²) in [4.78, 5) is 0. The molecule has 3 rings (SSSR count). The zero-order valence-corrected chi connectivity index (χ0v) is 10.3. The van der Waals surface area contributed by atoms with E-state index in [1.807, 2.05) is 18.2 Å². The van der Waals surface area contributed by atoms with Gasteiger partial charge in [-0.25, -0.2) is 0 Å². The fourth-order valence-electron chi connectivity index (χ4n) is 2.05. The number of nitrogens with zero attached hydrogens (tertiary/aromatic N) is 2. The Kier molecular flexibility index (Phi) is 2.77. The third-order valence-electron chi connectivity index (χ3n) is 3.12. The van der Waals surface area contributed by atoms with Crippen LogP contribution in [0.2, 0.25) is 0 Å². The highest BCUT2D eigenvalue weighted by molar-refractivity contribution is 6.20. The molecule has 0 spiro atoms. The van der Waals surface area contributed by atoms with Crippen molar-refractivity contribution in [3.8, 4) is 0 Å². The summed E-state index contributed by atoms with van der Waals surface area (Å²) in [5.41, 5.74) is 5.68. The van der Waals surface area contributed by atoms with Gasteiger partial charge in [0.05, 0.1) is 11.4 Å². The van der Waals surface area contributed by atoms with E-state index in [2.05, 4.69) is 53.5 Å². The van der Waals surface area contributed by atoms with E-state index in [4.69, 9.17) is 0 Å². The molecular weight excluding hydrogens is 220 g/mol. The largest absolute Gasteiger partial charge is 0.154 e.